The van der Waals surface area contributed by atoms with Crippen LogP contribution in [0, 0.1) is 20.8 Å². The first-order valence-electron chi connectivity index (χ1n) is 10.1. The highest BCUT2D eigenvalue weighted by Crippen LogP contribution is 2.24. The molecule has 2 aromatic carbocycles. The van der Waals surface area contributed by atoms with E-state index in [4.69, 9.17) is 11.6 Å². The van der Waals surface area contributed by atoms with Gasteiger partial charge in [-0.15, -0.1) is 0 Å². The molecule has 0 radical (unpaired) electrons. The van der Waals surface area contributed by atoms with E-state index in [0.29, 0.717) is 34.3 Å². The number of sulfonamides is 1. The standard InChI is InChI=1S/C23H24ClN3O3S/c1-15-4-7-22(16(2)12-15)31(29,30)27-10-8-26(9-11-27)23(28)20-14-18-13-19(24)5-6-21(18)25-17(20)3/h4-7,12-14H,8-11H2,1-3H3. The number of nitrogens with zero attached hydrogens (tertiary/aromatic N) is 3. The largest absolute Gasteiger partial charge is 0.336 e. The van der Waals surface area contributed by atoms with Gasteiger partial charge in [-0.25, -0.2) is 8.42 Å². The summed E-state index contributed by atoms with van der Waals surface area (Å²) in [6.07, 6.45) is 0. The van der Waals surface area contributed by atoms with Crippen molar-refractivity contribution in [3.8, 4) is 0 Å². The van der Waals surface area contributed by atoms with Crippen LogP contribution < -0.4 is 0 Å². The fourth-order valence-electron chi connectivity index (χ4n) is 3.99. The third kappa shape index (κ3) is 4.18. The molecule has 1 aliphatic rings. The topological polar surface area (TPSA) is 70.6 Å². The Morgan fingerprint density at radius 1 is 0.968 bits per heavy atom. The Bertz CT molecular complexity index is 1280. The Morgan fingerprint density at radius 3 is 2.35 bits per heavy atom. The van der Waals surface area contributed by atoms with Crippen molar-refractivity contribution >= 4 is 38.4 Å². The van der Waals surface area contributed by atoms with E-state index in [9.17, 15) is 13.2 Å². The van der Waals surface area contributed by atoms with Crippen molar-refractivity contribution in [3.05, 3.63) is 69.9 Å². The van der Waals surface area contributed by atoms with Crippen LogP contribution in [0.3, 0.4) is 0 Å². The molecule has 3 aromatic rings. The van der Waals surface area contributed by atoms with Crippen LogP contribution in [0.2, 0.25) is 5.02 Å². The monoisotopic (exact) mass is 457 g/mol. The second-order valence-electron chi connectivity index (χ2n) is 7.92. The van der Waals surface area contributed by atoms with E-state index in [-0.39, 0.29) is 19.0 Å². The van der Waals surface area contributed by atoms with Gasteiger partial charge in [0, 0.05) is 36.6 Å². The van der Waals surface area contributed by atoms with Crippen LogP contribution in [0.15, 0.2) is 47.4 Å². The fourth-order valence-corrected chi connectivity index (χ4v) is 5.80. The molecule has 0 bridgehead atoms. The van der Waals surface area contributed by atoms with Gasteiger partial charge >= 0.3 is 0 Å². The molecule has 0 N–H and O–H groups in total. The SMILES string of the molecule is Cc1ccc(S(=O)(=O)N2CCN(C(=O)c3cc4cc(Cl)ccc4nc3C)CC2)c(C)c1. The van der Waals surface area contributed by atoms with Gasteiger partial charge in [0.15, 0.2) is 0 Å². The molecule has 0 spiro atoms. The zero-order valence-electron chi connectivity index (χ0n) is 17.7. The predicted octanol–water partition coefficient (Wildman–Crippen LogP) is 3.96. The van der Waals surface area contributed by atoms with Crippen molar-refractivity contribution in [2.75, 3.05) is 26.2 Å². The van der Waals surface area contributed by atoms with E-state index in [2.05, 4.69) is 4.98 Å². The number of aryl methyl sites for hydroxylation is 3. The molecule has 1 saturated heterocycles. The number of hydrogen-bond acceptors (Lipinski definition) is 4. The molecular formula is C23H24ClN3O3S. The molecule has 8 heteroatoms. The van der Waals surface area contributed by atoms with Crippen LogP contribution in [0.25, 0.3) is 10.9 Å². The van der Waals surface area contributed by atoms with Crippen LogP contribution in [-0.2, 0) is 10.0 Å². The molecule has 1 aliphatic heterocycles. The summed E-state index contributed by atoms with van der Waals surface area (Å²) in [6.45, 7) is 6.72. The number of fused-ring (bicyclic) bond motifs is 1. The Balaban J connectivity index is 1.53. The molecule has 31 heavy (non-hydrogen) atoms. The minimum Gasteiger partial charge on any atom is -0.336 e. The number of benzene rings is 2. The lowest BCUT2D eigenvalue weighted by Crippen LogP contribution is -2.50. The highest BCUT2D eigenvalue weighted by molar-refractivity contribution is 7.89. The molecular weight excluding hydrogens is 434 g/mol. The van der Waals surface area contributed by atoms with Gasteiger partial charge in [-0.3, -0.25) is 9.78 Å². The lowest BCUT2D eigenvalue weighted by atomic mass is 10.1. The second-order valence-corrected chi connectivity index (χ2v) is 10.3. The first-order valence-corrected chi connectivity index (χ1v) is 11.9. The Morgan fingerprint density at radius 2 is 1.68 bits per heavy atom. The lowest BCUT2D eigenvalue weighted by molar-refractivity contribution is 0.0697. The highest BCUT2D eigenvalue weighted by Gasteiger charge is 2.31. The van der Waals surface area contributed by atoms with Gasteiger partial charge in [-0.2, -0.15) is 4.31 Å². The average Bonchev–Trinajstić information content (AvgIpc) is 2.73. The molecule has 0 unspecified atom stereocenters. The number of pyridine rings is 1. The highest BCUT2D eigenvalue weighted by atomic mass is 35.5. The molecule has 4 rings (SSSR count). The van der Waals surface area contributed by atoms with Gasteiger partial charge in [-0.1, -0.05) is 29.3 Å². The summed E-state index contributed by atoms with van der Waals surface area (Å²) < 4.78 is 27.7. The van der Waals surface area contributed by atoms with E-state index < -0.39 is 10.0 Å². The maximum absolute atomic E-state index is 13.2. The summed E-state index contributed by atoms with van der Waals surface area (Å²) >= 11 is 6.08. The Labute approximate surface area is 187 Å². The molecule has 1 fully saturated rings. The zero-order valence-corrected chi connectivity index (χ0v) is 19.3. The fraction of sp³-hybridized carbons (Fsp3) is 0.304. The van der Waals surface area contributed by atoms with Crippen molar-refractivity contribution in [2.24, 2.45) is 0 Å². The summed E-state index contributed by atoms with van der Waals surface area (Å²) in [4.78, 5) is 19.7. The van der Waals surface area contributed by atoms with Crippen molar-refractivity contribution in [1.82, 2.24) is 14.2 Å². The molecule has 1 aromatic heterocycles. The number of aromatic nitrogens is 1. The van der Waals surface area contributed by atoms with Crippen LogP contribution in [0.1, 0.15) is 27.2 Å². The number of piperazine rings is 1. The Kier molecular flexibility index (Phi) is 5.77. The number of carbonyl (C=O) groups excluding carboxylic acids is 1. The number of rotatable bonds is 3. The lowest BCUT2D eigenvalue weighted by Gasteiger charge is -2.34. The maximum Gasteiger partial charge on any atom is 0.255 e. The number of amides is 1. The van der Waals surface area contributed by atoms with E-state index in [1.165, 1.54) is 4.31 Å². The van der Waals surface area contributed by atoms with E-state index >= 15 is 0 Å². The maximum atomic E-state index is 13.2. The molecule has 0 atom stereocenters. The molecule has 0 saturated carbocycles. The van der Waals surface area contributed by atoms with Gasteiger partial charge in [-0.05, 0) is 56.7 Å². The third-order valence-electron chi connectivity index (χ3n) is 5.67. The number of hydrogen-bond donors (Lipinski definition) is 0. The minimum absolute atomic E-state index is 0.143. The van der Waals surface area contributed by atoms with Crippen molar-refractivity contribution in [1.29, 1.82) is 0 Å². The van der Waals surface area contributed by atoms with E-state index in [0.717, 1.165) is 22.0 Å². The minimum atomic E-state index is -3.60. The second kappa shape index (κ2) is 8.22. The molecule has 0 aliphatic carbocycles. The third-order valence-corrected chi connectivity index (χ3v) is 7.97. The summed E-state index contributed by atoms with van der Waals surface area (Å²) in [5.41, 5.74) is 3.69. The van der Waals surface area contributed by atoms with E-state index in [1.54, 1.807) is 36.1 Å². The first-order chi connectivity index (χ1) is 14.7. The van der Waals surface area contributed by atoms with Gasteiger partial charge < -0.3 is 4.90 Å². The molecule has 2 heterocycles. The van der Waals surface area contributed by atoms with Gasteiger partial charge in [0.2, 0.25) is 10.0 Å². The van der Waals surface area contributed by atoms with Crippen LogP contribution in [0.4, 0.5) is 0 Å². The van der Waals surface area contributed by atoms with Crippen LogP contribution >= 0.6 is 11.6 Å². The normalized spacial score (nSPS) is 15.4. The van der Waals surface area contributed by atoms with Crippen LogP contribution in [0.5, 0.6) is 0 Å². The van der Waals surface area contributed by atoms with E-state index in [1.807, 2.05) is 32.0 Å². The van der Waals surface area contributed by atoms with Gasteiger partial charge in [0.1, 0.15) is 0 Å². The smallest absolute Gasteiger partial charge is 0.255 e. The van der Waals surface area contributed by atoms with Crippen LogP contribution in [-0.4, -0.2) is 54.7 Å². The quantitative estimate of drug-likeness (QED) is 0.596. The summed E-state index contributed by atoms with van der Waals surface area (Å²) in [7, 11) is -3.60. The molecule has 162 valence electrons. The van der Waals surface area contributed by atoms with Gasteiger partial charge in [0.05, 0.1) is 21.7 Å². The molecule has 6 nitrogen and oxygen atoms in total. The van der Waals surface area contributed by atoms with Crippen molar-refractivity contribution in [2.45, 2.75) is 25.7 Å². The summed E-state index contributed by atoms with van der Waals surface area (Å²) in [5.74, 6) is -0.143. The van der Waals surface area contributed by atoms with Crippen molar-refractivity contribution < 1.29 is 13.2 Å². The summed E-state index contributed by atoms with van der Waals surface area (Å²) in [5, 5.41) is 1.39. The zero-order chi connectivity index (χ0) is 22.3. The number of halogens is 1. The summed E-state index contributed by atoms with van der Waals surface area (Å²) in [6, 6.07) is 12.5. The van der Waals surface area contributed by atoms with Gasteiger partial charge in [0.25, 0.3) is 5.91 Å². The Hall–Kier alpha value is -2.48. The first kappa shape index (κ1) is 21.7. The van der Waals surface area contributed by atoms with Crippen molar-refractivity contribution in [3.63, 3.8) is 0 Å². The predicted molar refractivity (Wildman–Crippen MR) is 122 cm³/mol. The average molecular weight is 458 g/mol. The number of carbonyl (C=O) groups is 1. The molecule has 1 amide bonds.